The Bertz CT molecular complexity index is 505. The molecule has 1 aliphatic rings. The van der Waals surface area contributed by atoms with Crippen molar-refractivity contribution in [2.45, 2.75) is 12.3 Å². The van der Waals surface area contributed by atoms with Crippen molar-refractivity contribution in [1.82, 2.24) is 4.31 Å². The van der Waals surface area contributed by atoms with Crippen molar-refractivity contribution in [3.8, 4) is 6.07 Å². The van der Waals surface area contributed by atoms with E-state index in [9.17, 15) is 16.8 Å². The number of nitriles is 1. The van der Waals surface area contributed by atoms with Crippen LogP contribution in [0.5, 0.6) is 0 Å². The van der Waals surface area contributed by atoms with Crippen LogP contribution in [0.4, 0.5) is 0 Å². The van der Waals surface area contributed by atoms with Gasteiger partial charge in [-0.3, -0.25) is 0 Å². The van der Waals surface area contributed by atoms with E-state index < -0.39 is 31.0 Å². The van der Waals surface area contributed by atoms with Crippen LogP contribution in [0.1, 0.15) is 6.92 Å². The summed E-state index contributed by atoms with van der Waals surface area (Å²) in [4.78, 5) is 0. The van der Waals surface area contributed by atoms with Crippen molar-refractivity contribution in [3.05, 3.63) is 0 Å². The predicted octanol–water partition coefficient (Wildman–Crippen LogP) is -0.351. The zero-order valence-corrected chi connectivity index (χ0v) is 11.8. The lowest BCUT2D eigenvalue weighted by atomic mass is 10.6. The number of sulfonamides is 1. The Kier molecular flexibility index (Phi) is 4.83. The first-order chi connectivity index (χ1) is 7.85. The van der Waals surface area contributed by atoms with E-state index in [0.717, 1.165) is 4.31 Å². The van der Waals surface area contributed by atoms with Crippen molar-refractivity contribution in [2.24, 2.45) is 0 Å². The molecular formula is C8H14N2O4S3. The minimum Gasteiger partial charge on any atom is -0.227 e. The maximum Gasteiger partial charge on any atom is 0.228 e. The molecule has 1 rings (SSSR count). The van der Waals surface area contributed by atoms with Crippen LogP contribution in [-0.2, 0) is 19.9 Å². The van der Waals surface area contributed by atoms with Gasteiger partial charge in [0, 0.05) is 23.8 Å². The van der Waals surface area contributed by atoms with Crippen LogP contribution in [0.3, 0.4) is 0 Å². The number of thioether (sulfide) groups is 1. The summed E-state index contributed by atoms with van der Waals surface area (Å²) in [5, 5.41) is 7.44. The average Bonchev–Trinajstić information content (AvgIpc) is 2.29. The highest BCUT2D eigenvalue weighted by Gasteiger charge is 2.39. The molecule has 0 bridgehead atoms. The van der Waals surface area contributed by atoms with Gasteiger partial charge in [-0.05, 0) is 0 Å². The van der Waals surface area contributed by atoms with E-state index in [1.54, 1.807) is 6.07 Å². The summed E-state index contributed by atoms with van der Waals surface area (Å²) < 4.78 is 48.2. The second kappa shape index (κ2) is 5.56. The molecule has 17 heavy (non-hydrogen) atoms. The highest BCUT2D eigenvalue weighted by atomic mass is 32.2. The van der Waals surface area contributed by atoms with E-state index in [2.05, 4.69) is 0 Å². The molecule has 0 saturated carbocycles. The van der Waals surface area contributed by atoms with E-state index >= 15 is 0 Å². The van der Waals surface area contributed by atoms with E-state index in [1.165, 1.54) is 18.7 Å². The standard InChI is InChI=1S/C8H14N2O4S3/c1-2-16(11,12)8-7-15-5-4-10(8)17(13,14)6-3-9/h8H,2,4-7H2,1H3. The van der Waals surface area contributed by atoms with Crippen LogP contribution < -0.4 is 0 Å². The summed E-state index contributed by atoms with van der Waals surface area (Å²) in [5.74, 6) is 0.0193. The predicted molar refractivity (Wildman–Crippen MR) is 66.7 cm³/mol. The molecule has 0 aromatic rings. The monoisotopic (exact) mass is 298 g/mol. The molecule has 6 nitrogen and oxygen atoms in total. The second-order valence-electron chi connectivity index (χ2n) is 3.51. The fourth-order valence-corrected chi connectivity index (χ4v) is 6.49. The summed E-state index contributed by atoms with van der Waals surface area (Å²) in [7, 11) is -7.25. The first-order valence-corrected chi connectivity index (χ1v) is 9.49. The molecule has 1 aliphatic heterocycles. The van der Waals surface area contributed by atoms with Crippen LogP contribution in [-0.4, -0.2) is 56.1 Å². The largest absolute Gasteiger partial charge is 0.228 e. The van der Waals surface area contributed by atoms with Gasteiger partial charge in [-0.15, -0.1) is 0 Å². The normalized spacial score (nSPS) is 23.2. The third-order valence-electron chi connectivity index (χ3n) is 2.46. The molecule has 1 fully saturated rings. The smallest absolute Gasteiger partial charge is 0.227 e. The van der Waals surface area contributed by atoms with Crippen LogP contribution in [0.25, 0.3) is 0 Å². The topological polar surface area (TPSA) is 95.3 Å². The molecule has 0 amide bonds. The minimum atomic E-state index is -3.80. The van der Waals surface area contributed by atoms with Crippen molar-refractivity contribution in [3.63, 3.8) is 0 Å². The molecule has 1 unspecified atom stereocenters. The van der Waals surface area contributed by atoms with Crippen molar-refractivity contribution in [1.29, 1.82) is 5.26 Å². The second-order valence-corrected chi connectivity index (χ2v) is 9.02. The Labute approximate surface area is 106 Å². The molecule has 0 N–H and O–H groups in total. The van der Waals surface area contributed by atoms with Gasteiger partial charge >= 0.3 is 0 Å². The van der Waals surface area contributed by atoms with E-state index in [0.29, 0.717) is 5.75 Å². The van der Waals surface area contributed by atoms with Crippen LogP contribution >= 0.6 is 11.8 Å². The zero-order valence-electron chi connectivity index (χ0n) is 9.37. The Morgan fingerprint density at radius 3 is 2.59 bits per heavy atom. The summed E-state index contributed by atoms with van der Waals surface area (Å²) >= 11 is 1.42. The molecule has 1 saturated heterocycles. The molecular weight excluding hydrogens is 284 g/mol. The van der Waals surface area contributed by atoms with Crippen LogP contribution in [0.15, 0.2) is 0 Å². The van der Waals surface area contributed by atoms with Gasteiger partial charge in [-0.1, -0.05) is 6.92 Å². The quantitative estimate of drug-likeness (QED) is 0.704. The Morgan fingerprint density at radius 2 is 2.06 bits per heavy atom. The van der Waals surface area contributed by atoms with Crippen LogP contribution in [0.2, 0.25) is 0 Å². The zero-order chi connectivity index (χ0) is 13.1. The highest BCUT2D eigenvalue weighted by molar-refractivity contribution is 8.01. The highest BCUT2D eigenvalue weighted by Crippen LogP contribution is 2.24. The first-order valence-electron chi connectivity index (χ1n) is 5.01. The van der Waals surface area contributed by atoms with Gasteiger partial charge in [-0.25, -0.2) is 16.8 Å². The van der Waals surface area contributed by atoms with Crippen molar-refractivity contribution < 1.29 is 16.8 Å². The maximum absolute atomic E-state index is 11.8. The van der Waals surface area contributed by atoms with Crippen molar-refractivity contribution in [2.75, 3.05) is 29.6 Å². The Morgan fingerprint density at radius 1 is 1.41 bits per heavy atom. The summed E-state index contributed by atoms with van der Waals surface area (Å²) in [6.07, 6.45) is 0. The molecule has 1 heterocycles. The Balaban J connectivity index is 3.08. The third kappa shape index (κ3) is 3.34. The SMILES string of the molecule is CCS(=O)(=O)C1CSCCN1S(=O)(=O)CC#N. The van der Waals surface area contributed by atoms with Gasteiger partial charge in [0.25, 0.3) is 0 Å². The Hall–Kier alpha value is -0.300. The third-order valence-corrected chi connectivity index (χ3v) is 7.53. The average molecular weight is 298 g/mol. The number of sulfone groups is 1. The maximum atomic E-state index is 11.8. The molecule has 0 aliphatic carbocycles. The lowest BCUT2D eigenvalue weighted by Gasteiger charge is -2.32. The fraction of sp³-hybridized carbons (Fsp3) is 0.875. The van der Waals surface area contributed by atoms with Crippen LogP contribution in [0, 0.1) is 11.3 Å². The summed E-state index contributed by atoms with van der Waals surface area (Å²) in [6, 6.07) is 1.56. The lowest BCUT2D eigenvalue weighted by molar-refractivity contribution is 0.406. The van der Waals surface area contributed by atoms with Gasteiger partial charge in [0.1, 0.15) is 5.37 Å². The lowest BCUT2D eigenvalue weighted by Crippen LogP contribution is -2.51. The number of rotatable bonds is 4. The molecule has 0 aromatic carbocycles. The molecule has 9 heteroatoms. The van der Waals surface area contributed by atoms with E-state index in [1.807, 2.05) is 0 Å². The number of hydrogen-bond acceptors (Lipinski definition) is 6. The van der Waals surface area contributed by atoms with Gasteiger partial charge in [0.15, 0.2) is 15.6 Å². The van der Waals surface area contributed by atoms with E-state index in [4.69, 9.17) is 5.26 Å². The molecule has 0 spiro atoms. The number of nitrogens with zero attached hydrogens (tertiary/aromatic N) is 2. The molecule has 0 aromatic heterocycles. The van der Waals surface area contributed by atoms with Gasteiger partial charge in [-0.2, -0.15) is 21.3 Å². The summed E-state index contributed by atoms with van der Waals surface area (Å²) in [5.41, 5.74) is 0. The molecule has 0 radical (unpaired) electrons. The minimum absolute atomic E-state index is 0.100. The molecule has 1 atom stereocenters. The number of hydrogen-bond donors (Lipinski definition) is 0. The summed E-state index contributed by atoms with van der Waals surface area (Å²) in [6.45, 7) is 1.64. The first kappa shape index (κ1) is 14.8. The molecule has 98 valence electrons. The van der Waals surface area contributed by atoms with Gasteiger partial charge < -0.3 is 0 Å². The van der Waals surface area contributed by atoms with Gasteiger partial charge in [0.2, 0.25) is 10.0 Å². The van der Waals surface area contributed by atoms with Crippen molar-refractivity contribution >= 4 is 31.6 Å². The van der Waals surface area contributed by atoms with Gasteiger partial charge in [0.05, 0.1) is 6.07 Å². The van der Waals surface area contributed by atoms with E-state index in [-0.39, 0.29) is 18.1 Å². The fourth-order valence-electron chi connectivity index (χ4n) is 1.52.